The fourth-order valence-electron chi connectivity index (χ4n) is 3.32. The molecule has 6 nitrogen and oxygen atoms in total. The van der Waals surface area contributed by atoms with Crippen LogP contribution in [-0.4, -0.2) is 44.3 Å². The van der Waals surface area contributed by atoms with Gasteiger partial charge in [-0.1, -0.05) is 13.8 Å². The van der Waals surface area contributed by atoms with E-state index < -0.39 is 12.0 Å². The minimum Gasteiger partial charge on any atom is -0.480 e. The second kappa shape index (κ2) is 7.15. The second-order valence-electron chi connectivity index (χ2n) is 6.81. The van der Waals surface area contributed by atoms with E-state index in [0.29, 0.717) is 31.7 Å². The molecule has 1 aliphatic rings. The van der Waals surface area contributed by atoms with E-state index in [4.69, 9.17) is 0 Å². The highest BCUT2D eigenvalue weighted by Crippen LogP contribution is 2.21. The predicted molar refractivity (Wildman–Crippen MR) is 87.2 cm³/mol. The van der Waals surface area contributed by atoms with Crippen LogP contribution in [0.25, 0.3) is 0 Å². The van der Waals surface area contributed by atoms with Gasteiger partial charge in [-0.3, -0.25) is 9.48 Å². The van der Waals surface area contributed by atoms with E-state index in [-0.39, 0.29) is 5.91 Å². The molecule has 1 aromatic rings. The SMILES string of the molecule is Cc1nn(CC(C)C)c(C)c1CCC(=O)N1CCCC1C(=O)O. The Morgan fingerprint density at radius 2 is 2.04 bits per heavy atom. The van der Waals surface area contributed by atoms with Crippen LogP contribution in [0, 0.1) is 19.8 Å². The van der Waals surface area contributed by atoms with E-state index in [1.165, 1.54) is 4.90 Å². The lowest BCUT2D eigenvalue weighted by Gasteiger charge is -2.21. The number of likely N-dealkylation sites (tertiary alicyclic amines) is 1. The molecule has 1 atom stereocenters. The molecule has 1 aromatic heterocycles. The van der Waals surface area contributed by atoms with Crippen LogP contribution in [0.3, 0.4) is 0 Å². The molecular weight excluding hydrogens is 294 g/mol. The Balaban J connectivity index is 2.02. The van der Waals surface area contributed by atoms with Crippen LogP contribution < -0.4 is 0 Å². The summed E-state index contributed by atoms with van der Waals surface area (Å²) in [5, 5.41) is 13.8. The third kappa shape index (κ3) is 3.92. The fourth-order valence-corrected chi connectivity index (χ4v) is 3.32. The van der Waals surface area contributed by atoms with Gasteiger partial charge in [0, 0.05) is 25.2 Å². The Morgan fingerprint density at radius 1 is 1.35 bits per heavy atom. The Labute approximate surface area is 137 Å². The standard InChI is InChI=1S/C17H27N3O3/c1-11(2)10-20-13(4)14(12(3)18-20)7-8-16(21)19-9-5-6-15(19)17(22)23/h11,15H,5-10H2,1-4H3,(H,22,23). The molecule has 0 saturated carbocycles. The number of aliphatic carboxylic acids is 1. The number of hydrogen-bond acceptors (Lipinski definition) is 3. The lowest BCUT2D eigenvalue weighted by atomic mass is 10.1. The summed E-state index contributed by atoms with van der Waals surface area (Å²) in [6.45, 7) is 9.74. The van der Waals surface area contributed by atoms with Gasteiger partial charge >= 0.3 is 5.97 Å². The summed E-state index contributed by atoms with van der Waals surface area (Å²) in [5.41, 5.74) is 3.19. The highest BCUT2D eigenvalue weighted by Gasteiger charge is 2.33. The molecule has 6 heteroatoms. The fraction of sp³-hybridized carbons (Fsp3) is 0.706. The van der Waals surface area contributed by atoms with Crippen molar-refractivity contribution in [2.45, 2.75) is 66.0 Å². The highest BCUT2D eigenvalue weighted by atomic mass is 16.4. The molecule has 2 heterocycles. The van der Waals surface area contributed by atoms with E-state index in [1.807, 2.05) is 18.5 Å². The van der Waals surface area contributed by atoms with E-state index in [0.717, 1.165) is 29.9 Å². The molecule has 0 bridgehead atoms. The zero-order valence-electron chi connectivity index (χ0n) is 14.5. The van der Waals surface area contributed by atoms with Crippen molar-refractivity contribution in [2.24, 2.45) is 5.92 Å². The van der Waals surface area contributed by atoms with Crippen molar-refractivity contribution in [2.75, 3.05) is 6.54 Å². The summed E-state index contributed by atoms with van der Waals surface area (Å²) in [7, 11) is 0. The van der Waals surface area contributed by atoms with E-state index in [9.17, 15) is 14.7 Å². The summed E-state index contributed by atoms with van der Waals surface area (Å²) in [5.74, 6) is -0.443. The Bertz CT molecular complexity index is 592. The lowest BCUT2D eigenvalue weighted by Crippen LogP contribution is -2.40. The molecule has 1 unspecified atom stereocenters. The summed E-state index contributed by atoms with van der Waals surface area (Å²) in [4.78, 5) is 25.1. The normalized spacial score (nSPS) is 18.0. The molecular formula is C17H27N3O3. The van der Waals surface area contributed by atoms with E-state index in [2.05, 4.69) is 18.9 Å². The maximum Gasteiger partial charge on any atom is 0.326 e. The van der Waals surface area contributed by atoms with Gasteiger partial charge in [-0.05, 0) is 44.6 Å². The van der Waals surface area contributed by atoms with Gasteiger partial charge in [0.2, 0.25) is 5.91 Å². The molecule has 0 aromatic carbocycles. The third-order valence-corrected chi connectivity index (χ3v) is 4.52. The minimum absolute atomic E-state index is 0.0645. The molecule has 0 aliphatic carbocycles. The van der Waals surface area contributed by atoms with Gasteiger partial charge in [0.15, 0.2) is 0 Å². The number of rotatable bonds is 6. The molecule has 0 spiro atoms. The van der Waals surface area contributed by atoms with Gasteiger partial charge in [0.1, 0.15) is 6.04 Å². The maximum atomic E-state index is 12.4. The van der Waals surface area contributed by atoms with Crippen LogP contribution in [0.2, 0.25) is 0 Å². The monoisotopic (exact) mass is 321 g/mol. The number of hydrogen-bond donors (Lipinski definition) is 1. The molecule has 0 radical (unpaired) electrons. The quantitative estimate of drug-likeness (QED) is 0.871. The summed E-state index contributed by atoms with van der Waals surface area (Å²) in [6.07, 6.45) is 2.30. The molecule has 23 heavy (non-hydrogen) atoms. The van der Waals surface area contributed by atoms with Gasteiger partial charge in [-0.2, -0.15) is 5.10 Å². The van der Waals surface area contributed by atoms with Crippen LogP contribution in [0.5, 0.6) is 0 Å². The van der Waals surface area contributed by atoms with Crippen LogP contribution in [0.1, 0.15) is 50.1 Å². The molecule has 1 fully saturated rings. The first-order valence-corrected chi connectivity index (χ1v) is 8.36. The zero-order chi connectivity index (χ0) is 17.1. The van der Waals surface area contributed by atoms with Gasteiger partial charge < -0.3 is 10.0 Å². The van der Waals surface area contributed by atoms with Crippen molar-refractivity contribution >= 4 is 11.9 Å². The topological polar surface area (TPSA) is 75.4 Å². The van der Waals surface area contributed by atoms with Crippen LogP contribution >= 0.6 is 0 Å². The number of carboxylic acid groups (broad SMARTS) is 1. The van der Waals surface area contributed by atoms with Gasteiger partial charge in [-0.25, -0.2) is 4.79 Å². The van der Waals surface area contributed by atoms with Crippen molar-refractivity contribution in [3.05, 3.63) is 17.0 Å². The number of carbonyl (C=O) groups is 2. The lowest BCUT2D eigenvalue weighted by molar-refractivity contribution is -0.148. The molecule has 1 N–H and O–H groups in total. The van der Waals surface area contributed by atoms with Gasteiger partial charge in [-0.15, -0.1) is 0 Å². The van der Waals surface area contributed by atoms with Crippen LogP contribution in [0.15, 0.2) is 0 Å². The van der Waals surface area contributed by atoms with E-state index >= 15 is 0 Å². The maximum absolute atomic E-state index is 12.4. The minimum atomic E-state index is -0.895. The molecule has 2 rings (SSSR count). The van der Waals surface area contributed by atoms with Crippen molar-refractivity contribution in [3.63, 3.8) is 0 Å². The van der Waals surface area contributed by atoms with Gasteiger partial charge in [0.25, 0.3) is 0 Å². The second-order valence-corrected chi connectivity index (χ2v) is 6.81. The zero-order valence-corrected chi connectivity index (χ0v) is 14.5. The first-order valence-electron chi connectivity index (χ1n) is 8.36. The average molecular weight is 321 g/mol. The molecule has 128 valence electrons. The average Bonchev–Trinajstić information content (AvgIpc) is 3.03. The predicted octanol–water partition coefficient (Wildman–Crippen LogP) is 2.16. The third-order valence-electron chi connectivity index (χ3n) is 4.52. The van der Waals surface area contributed by atoms with Crippen molar-refractivity contribution in [3.8, 4) is 0 Å². The van der Waals surface area contributed by atoms with Gasteiger partial charge in [0.05, 0.1) is 5.69 Å². The molecule has 1 aliphatic heterocycles. The summed E-state index contributed by atoms with van der Waals surface area (Å²) in [6, 6.07) is -0.645. The summed E-state index contributed by atoms with van der Waals surface area (Å²) < 4.78 is 2.01. The van der Waals surface area contributed by atoms with Crippen molar-refractivity contribution in [1.82, 2.24) is 14.7 Å². The Hall–Kier alpha value is -1.85. The first kappa shape index (κ1) is 17.5. The summed E-state index contributed by atoms with van der Waals surface area (Å²) >= 11 is 0. The molecule has 1 amide bonds. The largest absolute Gasteiger partial charge is 0.480 e. The number of aryl methyl sites for hydroxylation is 1. The van der Waals surface area contributed by atoms with Crippen LogP contribution in [-0.2, 0) is 22.6 Å². The van der Waals surface area contributed by atoms with Crippen molar-refractivity contribution < 1.29 is 14.7 Å². The van der Waals surface area contributed by atoms with Crippen molar-refractivity contribution in [1.29, 1.82) is 0 Å². The molecule has 1 saturated heterocycles. The smallest absolute Gasteiger partial charge is 0.326 e. The van der Waals surface area contributed by atoms with Crippen LogP contribution in [0.4, 0.5) is 0 Å². The number of carboxylic acids is 1. The Kier molecular flexibility index (Phi) is 5.44. The highest BCUT2D eigenvalue weighted by molar-refractivity contribution is 5.84. The Morgan fingerprint density at radius 3 is 2.65 bits per heavy atom. The number of carbonyl (C=O) groups excluding carboxylic acids is 1. The van der Waals surface area contributed by atoms with E-state index in [1.54, 1.807) is 0 Å². The number of aromatic nitrogens is 2. The first-order chi connectivity index (χ1) is 10.8. The number of amides is 1. The number of nitrogens with zero attached hydrogens (tertiary/aromatic N) is 3.